The predicted molar refractivity (Wildman–Crippen MR) is 421 cm³/mol. The van der Waals surface area contributed by atoms with Crippen molar-refractivity contribution in [2.24, 2.45) is 47.3 Å². The average molecular weight is 1630 g/mol. The van der Waals surface area contributed by atoms with Crippen LogP contribution < -0.4 is 10.6 Å². The van der Waals surface area contributed by atoms with E-state index in [2.05, 4.69) is 56.0 Å². The number of hydrogen-bond acceptors (Lipinski definition) is 31. The van der Waals surface area contributed by atoms with Crippen LogP contribution in [0.1, 0.15) is 189 Å². The highest BCUT2D eigenvalue weighted by Crippen LogP contribution is 2.09. The molecule has 9 atom stereocenters. The topological polar surface area (TPSA) is 439 Å². The Hall–Kier alpha value is -9.96. The van der Waals surface area contributed by atoms with Crippen LogP contribution in [-0.4, -0.2) is 216 Å². The van der Waals surface area contributed by atoms with Gasteiger partial charge in [0.05, 0.1) is 93.1 Å². The quantitative estimate of drug-likeness (QED) is 0.0188. The molecule has 0 aliphatic heterocycles. The lowest BCUT2D eigenvalue weighted by atomic mass is 10.1. The summed E-state index contributed by atoms with van der Waals surface area (Å²) < 4.78 is 76.7. The van der Waals surface area contributed by atoms with Gasteiger partial charge in [0.2, 0.25) is 0 Å². The zero-order valence-electron chi connectivity index (χ0n) is 71.5. The van der Waals surface area contributed by atoms with E-state index in [-0.39, 0.29) is 187 Å². The molecular weight excluding hydrogens is 1500 g/mol. The molecule has 0 aromatic rings. The van der Waals surface area contributed by atoms with E-state index >= 15 is 0 Å². The third-order valence-corrected chi connectivity index (χ3v) is 14.6. The Morgan fingerprint density at radius 1 is 0.368 bits per heavy atom. The van der Waals surface area contributed by atoms with E-state index in [4.69, 9.17) is 73.4 Å². The Morgan fingerprint density at radius 3 is 0.868 bits per heavy atom. The van der Waals surface area contributed by atoms with Crippen molar-refractivity contribution in [3.63, 3.8) is 0 Å². The molecule has 34 heteroatoms. The van der Waals surface area contributed by atoms with Crippen LogP contribution >= 0.6 is 0 Å². The van der Waals surface area contributed by atoms with Crippen LogP contribution in [0.3, 0.4) is 0 Å². The number of ether oxygens (including phenoxy) is 16. The molecule has 0 fully saturated rings. The van der Waals surface area contributed by atoms with Gasteiger partial charge < -0.3 is 86.4 Å². The van der Waals surface area contributed by atoms with E-state index in [1.54, 1.807) is 55.6 Å². The number of nitrogens with zero attached hydrogens (tertiary/aromatic N) is 2. The van der Waals surface area contributed by atoms with Gasteiger partial charge in [-0.2, -0.15) is 5.26 Å². The number of hydrogen-bond donors (Lipinski definition) is 2. The van der Waals surface area contributed by atoms with Crippen molar-refractivity contribution in [2.75, 3.05) is 126 Å². The predicted octanol–water partition coefficient (Wildman–Crippen LogP) is 11.2. The SMILES string of the molecule is C=C(C)C(=O)OCCOC(=O)C(C)CC.C=CC(=O)OCCNC(=O)OCCOC(=O)C(C)CC.C=CC(=O)OCCNC(=O)OCCOC(=O)C(C)CC.C=CC(=O)OCCOC(=O)C(C)CC.CCC(C)C(=O)OCCC#N.CCC(C)C(=O)OCCOC.CCOCCOC(=O)C(C)CC.[C-]#[N+]C(C)OC(=O)C(C)CC. The van der Waals surface area contributed by atoms with Crippen molar-refractivity contribution in [1.29, 1.82) is 5.26 Å². The fraction of sp³-hybridized carbons (Fsp3) is 0.700. The maximum absolute atomic E-state index is 11.3. The van der Waals surface area contributed by atoms with E-state index in [0.717, 1.165) is 56.8 Å². The minimum atomic E-state index is -0.667. The summed E-state index contributed by atoms with van der Waals surface area (Å²) >= 11 is 0. The van der Waals surface area contributed by atoms with Gasteiger partial charge in [0, 0.05) is 37.5 Å². The van der Waals surface area contributed by atoms with Gasteiger partial charge in [-0.25, -0.2) is 35.3 Å². The molecule has 0 rings (SSSR count). The number of carbonyl (C=O) groups excluding carboxylic acids is 14. The largest absolute Gasteiger partial charge is 0.464 e. The summed E-state index contributed by atoms with van der Waals surface area (Å²) in [5.74, 6) is -4.66. The van der Waals surface area contributed by atoms with Gasteiger partial charge in [-0.3, -0.25) is 43.2 Å². The molecule has 9 unspecified atom stereocenters. The van der Waals surface area contributed by atoms with Gasteiger partial charge in [-0.15, -0.1) is 0 Å². The van der Waals surface area contributed by atoms with Gasteiger partial charge in [0.25, 0.3) is 0 Å². The Balaban J connectivity index is -0.000000190. The van der Waals surface area contributed by atoms with Gasteiger partial charge >= 0.3 is 90.0 Å². The number of methoxy groups -OCH3 is 1. The Kier molecular flexibility index (Phi) is 89.8. The van der Waals surface area contributed by atoms with Crippen molar-refractivity contribution >= 4 is 83.8 Å². The van der Waals surface area contributed by atoms with Crippen molar-refractivity contribution in [1.82, 2.24) is 10.6 Å². The molecule has 0 aromatic heterocycles. The Labute approximate surface area is 676 Å². The second-order valence-corrected chi connectivity index (χ2v) is 24.1. The van der Waals surface area contributed by atoms with Crippen LogP contribution in [0.25, 0.3) is 4.85 Å². The number of amides is 2. The van der Waals surface area contributed by atoms with E-state index in [9.17, 15) is 67.1 Å². The molecule has 0 saturated heterocycles. The van der Waals surface area contributed by atoms with Crippen LogP contribution in [0.15, 0.2) is 50.1 Å². The van der Waals surface area contributed by atoms with Crippen LogP contribution in [0.5, 0.6) is 0 Å². The summed E-state index contributed by atoms with van der Waals surface area (Å²) in [6.45, 7) is 57.7. The first-order valence-electron chi connectivity index (χ1n) is 38.1. The first-order chi connectivity index (χ1) is 53.9. The van der Waals surface area contributed by atoms with Crippen molar-refractivity contribution < 1.29 is 143 Å². The van der Waals surface area contributed by atoms with E-state index in [1.165, 1.54) is 0 Å². The number of nitrogens with one attached hydrogen (secondary N) is 2. The highest BCUT2D eigenvalue weighted by atomic mass is 16.6. The second kappa shape index (κ2) is 85.5. The molecule has 0 bridgehead atoms. The minimum Gasteiger partial charge on any atom is -0.464 e. The number of rotatable bonds is 48. The Morgan fingerprint density at radius 2 is 0.614 bits per heavy atom. The van der Waals surface area contributed by atoms with E-state index in [0.29, 0.717) is 51.4 Å². The van der Waals surface area contributed by atoms with Crippen LogP contribution in [0.4, 0.5) is 9.59 Å². The number of alkyl carbamates (subject to hydrolysis) is 2. The molecule has 0 aliphatic carbocycles. The molecule has 114 heavy (non-hydrogen) atoms. The van der Waals surface area contributed by atoms with Crippen LogP contribution in [-0.2, 0) is 133 Å². The summed E-state index contributed by atoms with van der Waals surface area (Å²) in [5.41, 5.74) is 0.336. The zero-order chi connectivity index (χ0) is 89.2. The lowest BCUT2D eigenvalue weighted by Gasteiger charge is -2.10. The molecule has 0 radical (unpaired) electrons. The van der Waals surface area contributed by atoms with Crippen molar-refractivity contribution in [3.05, 3.63) is 61.5 Å². The van der Waals surface area contributed by atoms with Crippen molar-refractivity contribution in [3.8, 4) is 6.07 Å². The number of esters is 12. The first kappa shape index (κ1) is 120. The summed E-state index contributed by atoms with van der Waals surface area (Å²) in [5, 5.41) is 12.9. The standard InChI is InChI=1S/2C13H21NO6.C11H18O4.C10H16O4.C9H18O3.2C8H13NO2.C8H16O3/c2*1-4-10(3)12(16)19-8-9-20-13(17)14-6-7-18-11(15)5-2;1-5-9(4)11(13)15-7-6-14-10(12)8(2)3;1-4-8(3)10(12)14-7-6-13-9(11)5-2;1-4-8(3)9(10)12-7-6-11-5-2;1-5-6(2)8(10)11-7(3)9-4;1-3-7(2)8(10)11-6-4-5-9;1-4-7(2)8(9)11-6-5-10-3/h2*5,10H,2,4,6-9H2,1,3H3,(H,14,17);9H,2,5-7H2,1,3-4H3;5,8H,2,4,6-7H2,1,3H3;8H,4-7H2,1-3H3;6-7H,5H2,1-3H3;7H,3-4,6H2,1-2H3;7H,4-6H2,1-3H3. The highest BCUT2D eigenvalue weighted by Gasteiger charge is 2.19. The van der Waals surface area contributed by atoms with Gasteiger partial charge in [-0.1, -0.05) is 137 Å². The lowest BCUT2D eigenvalue weighted by Crippen LogP contribution is -2.29. The molecule has 0 aromatic carbocycles. The molecule has 2 amide bonds. The summed E-state index contributed by atoms with van der Waals surface area (Å²) in [7, 11) is 1.58. The second-order valence-electron chi connectivity index (χ2n) is 24.1. The first-order valence-corrected chi connectivity index (χ1v) is 38.1. The molecule has 0 saturated carbocycles. The molecule has 0 spiro atoms. The van der Waals surface area contributed by atoms with Gasteiger partial charge in [-0.05, 0) is 65.2 Å². The molecule has 34 nitrogen and oxygen atoms in total. The summed E-state index contributed by atoms with van der Waals surface area (Å²) in [4.78, 5) is 157. The summed E-state index contributed by atoms with van der Waals surface area (Å²) in [6.07, 6.45) is 7.50. The number of carbonyl (C=O) groups is 14. The molecule has 0 heterocycles. The van der Waals surface area contributed by atoms with E-state index < -0.39 is 42.3 Å². The molecule has 0 aliphatic rings. The van der Waals surface area contributed by atoms with Crippen LogP contribution in [0, 0.1) is 65.2 Å². The van der Waals surface area contributed by atoms with Gasteiger partial charge in [0.15, 0.2) is 0 Å². The third-order valence-electron chi connectivity index (χ3n) is 14.6. The number of nitriles is 1. The maximum Gasteiger partial charge on any atom is 0.407 e. The zero-order valence-corrected chi connectivity index (χ0v) is 71.5. The average Bonchev–Trinajstić information content (AvgIpc) is 1.47. The van der Waals surface area contributed by atoms with Crippen molar-refractivity contribution in [2.45, 2.75) is 196 Å². The fourth-order valence-corrected chi connectivity index (χ4v) is 5.53. The normalized spacial score (nSPS) is 11.9. The fourth-order valence-electron chi connectivity index (χ4n) is 5.53. The highest BCUT2D eigenvalue weighted by molar-refractivity contribution is 5.87. The maximum atomic E-state index is 11.3. The molecular formula is C80H136N4O30. The molecule has 656 valence electrons. The summed E-state index contributed by atoms with van der Waals surface area (Å²) in [6, 6.07) is 1.90. The monoisotopic (exact) mass is 1630 g/mol. The Bertz CT molecular complexity index is 2720. The third kappa shape index (κ3) is 83.0. The smallest absolute Gasteiger partial charge is 0.407 e. The van der Waals surface area contributed by atoms with Crippen LogP contribution in [0.2, 0.25) is 0 Å². The van der Waals surface area contributed by atoms with Gasteiger partial charge in [0.1, 0.15) is 85.9 Å². The molecule has 2 N–H and O–H groups in total. The van der Waals surface area contributed by atoms with E-state index in [1.807, 2.05) is 89.2 Å². The minimum absolute atomic E-state index is 0.00614. The lowest BCUT2D eigenvalue weighted by molar-refractivity contribution is -0.153.